The molecule has 0 radical (unpaired) electrons. The van der Waals surface area contributed by atoms with Crippen LogP contribution in [0.25, 0.3) is 0 Å². The Morgan fingerprint density at radius 1 is 1.38 bits per heavy atom. The number of nitrogens with two attached hydrogens (primary N) is 1. The number of hydrogen-bond donors (Lipinski definition) is 1. The van der Waals surface area contributed by atoms with Gasteiger partial charge in [0.05, 0.1) is 29.6 Å². The molecule has 6 heteroatoms. The molecule has 2 rings (SSSR count). The van der Waals surface area contributed by atoms with Crippen LogP contribution in [0, 0.1) is 6.92 Å². The van der Waals surface area contributed by atoms with Gasteiger partial charge in [0, 0.05) is 12.4 Å². The van der Waals surface area contributed by atoms with Crippen molar-refractivity contribution in [2.24, 2.45) is 0 Å². The molecule has 0 bridgehead atoms. The van der Waals surface area contributed by atoms with Gasteiger partial charge >= 0.3 is 0 Å². The largest absolute Gasteiger partial charge is 0.382 e. The summed E-state index contributed by atoms with van der Waals surface area (Å²) in [6.45, 7) is 2.71. The molecular formula is C10H13N5S. The second-order valence-electron chi connectivity index (χ2n) is 3.52. The second kappa shape index (κ2) is 4.44. The van der Waals surface area contributed by atoms with Crippen LogP contribution >= 0.6 is 11.3 Å². The Labute approximate surface area is 98.0 Å². The van der Waals surface area contributed by atoms with Crippen LogP contribution in [0.5, 0.6) is 0 Å². The van der Waals surface area contributed by atoms with Crippen molar-refractivity contribution >= 4 is 23.0 Å². The molecule has 2 aromatic rings. The van der Waals surface area contributed by atoms with Gasteiger partial charge in [-0.2, -0.15) is 0 Å². The van der Waals surface area contributed by atoms with E-state index in [4.69, 9.17) is 5.73 Å². The normalized spacial score (nSPS) is 10.4. The number of nitrogen functional groups attached to an aromatic ring is 1. The minimum absolute atomic E-state index is 0.429. The zero-order valence-electron chi connectivity index (χ0n) is 9.21. The zero-order valence-corrected chi connectivity index (χ0v) is 10.0. The number of aromatic nitrogens is 3. The summed E-state index contributed by atoms with van der Waals surface area (Å²) in [5.41, 5.74) is 6.62. The standard InChI is InChI=1S/C10H13N5S/c1-7-13-8(6-16-7)5-15(2)10-4-12-3-9(11)14-10/h3-4,6H,5H2,1-2H3,(H2,11,14). The van der Waals surface area contributed by atoms with E-state index in [1.165, 1.54) is 6.20 Å². The van der Waals surface area contributed by atoms with Gasteiger partial charge in [-0.1, -0.05) is 0 Å². The van der Waals surface area contributed by atoms with E-state index in [1.807, 2.05) is 24.3 Å². The summed E-state index contributed by atoms with van der Waals surface area (Å²) in [5, 5.41) is 3.12. The summed E-state index contributed by atoms with van der Waals surface area (Å²) in [6.07, 6.45) is 3.22. The Bertz CT molecular complexity index is 482. The van der Waals surface area contributed by atoms with Crippen molar-refractivity contribution in [1.29, 1.82) is 0 Å². The Morgan fingerprint density at radius 2 is 2.19 bits per heavy atom. The molecular weight excluding hydrogens is 222 g/mol. The average Bonchev–Trinajstić information content (AvgIpc) is 2.64. The molecule has 0 spiro atoms. The Hall–Kier alpha value is -1.69. The lowest BCUT2D eigenvalue weighted by atomic mass is 10.4. The number of rotatable bonds is 3. The van der Waals surface area contributed by atoms with Gasteiger partial charge in [-0.15, -0.1) is 11.3 Å². The molecule has 84 valence electrons. The maximum absolute atomic E-state index is 5.58. The SMILES string of the molecule is Cc1nc(CN(C)c2cncc(N)n2)cs1. The minimum Gasteiger partial charge on any atom is -0.382 e. The van der Waals surface area contributed by atoms with Crippen LogP contribution in [-0.4, -0.2) is 22.0 Å². The lowest BCUT2D eigenvalue weighted by Gasteiger charge is -2.16. The van der Waals surface area contributed by atoms with Crippen LogP contribution in [0.15, 0.2) is 17.8 Å². The van der Waals surface area contributed by atoms with Crippen molar-refractivity contribution in [2.45, 2.75) is 13.5 Å². The fraction of sp³-hybridized carbons (Fsp3) is 0.300. The van der Waals surface area contributed by atoms with Gasteiger partial charge in [0.2, 0.25) is 0 Å². The predicted octanol–water partition coefficient (Wildman–Crippen LogP) is 1.46. The van der Waals surface area contributed by atoms with E-state index in [2.05, 4.69) is 15.0 Å². The number of hydrogen-bond acceptors (Lipinski definition) is 6. The fourth-order valence-electron chi connectivity index (χ4n) is 1.36. The highest BCUT2D eigenvalue weighted by Crippen LogP contribution is 2.14. The molecule has 0 aliphatic rings. The molecule has 2 aromatic heterocycles. The van der Waals surface area contributed by atoms with Crippen LogP contribution in [-0.2, 0) is 6.54 Å². The predicted molar refractivity (Wildman–Crippen MR) is 65.4 cm³/mol. The highest BCUT2D eigenvalue weighted by molar-refractivity contribution is 7.09. The fourth-order valence-corrected chi connectivity index (χ4v) is 1.96. The van der Waals surface area contributed by atoms with Crippen molar-refractivity contribution in [2.75, 3.05) is 17.7 Å². The van der Waals surface area contributed by atoms with E-state index in [0.717, 1.165) is 16.5 Å². The topological polar surface area (TPSA) is 67.9 Å². The number of anilines is 2. The van der Waals surface area contributed by atoms with Crippen molar-refractivity contribution in [3.8, 4) is 0 Å². The van der Waals surface area contributed by atoms with Gasteiger partial charge in [-0.25, -0.2) is 9.97 Å². The molecule has 0 atom stereocenters. The van der Waals surface area contributed by atoms with Crippen LogP contribution in [0.2, 0.25) is 0 Å². The third-order valence-electron chi connectivity index (χ3n) is 2.10. The molecule has 16 heavy (non-hydrogen) atoms. The first-order valence-corrected chi connectivity index (χ1v) is 5.73. The number of aryl methyl sites for hydroxylation is 1. The minimum atomic E-state index is 0.429. The highest BCUT2D eigenvalue weighted by Gasteiger charge is 2.06. The summed E-state index contributed by atoms with van der Waals surface area (Å²) >= 11 is 1.65. The Morgan fingerprint density at radius 3 is 2.81 bits per heavy atom. The van der Waals surface area contributed by atoms with Gasteiger partial charge in [-0.3, -0.25) is 4.98 Å². The molecule has 0 aliphatic heterocycles. The second-order valence-corrected chi connectivity index (χ2v) is 4.58. The van der Waals surface area contributed by atoms with E-state index >= 15 is 0 Å². The van der Waals surface area contributed by atoms with Gasteiger partial charge in [0.1, 0.15) is 11.6 Å². The molecule has 0 unspecified atom stereocenters. The lowest BCUT2D eigenvalue weighted by molar-refractivity contribution is 0.866. The van der Waals surface area contributed by atoms with Gasteiger partial charge in [-0.05, 0) is 6.92 Å². The summed E-state index contributed by atoms with van der Waals surface area (Å²) in [7, 11) is 1.94. The van der Waals surface area contributed by atoms with E-state index in [0.29, 0.717) is 12.4 Å². The third-order valence-corrected chi connectivity index (χ3v) is 2.92. The average molecular weight is 235 g/mol. The summed E-state index contributed by atoms with van der Waals surface area (Å²) in [5.74, 6) is 1.18. The molecule has 0 amide bonds. The Kier molecular flexibility index (Phi) is 3.00. The summed E-state index contributed by atoms with van der Waals surface area (Å²) in [6, 6.07) is 0. The van der Waals surface area contributed by atoms with Crippen LogP contribution in [0.3, 0.4) is 0 Å². The van der Waals surface area contributed by atoms with Crippen molar-refractivity contribution in [3.63, 3.8) is 0 Å². The lowest BCUT2D eigenvalue weighted by Crippen LogP contribution is -2.18. The van der Waals surface area contributed by atoms with Crippen LogP contribution < -0.4 is 10.6 Å². The molecule has 0 aliphatic carbocycles. The molecule has 5 nitrogen and oxygen atoms in total. The molecule has 0 aromatic carbocycles. The van der Waals surface area contributed by atoms with E-state index in [-0.39, 0.29) is 0 Å². The first-order valence-electron chi connectivity index (χ1n) is 4.85. The summed E-state index contributed by atoms with van der Waals surface area (Å²) < 4.78 is 0. The molecule has 2 heterocycles. The maximum atomic E-state index is 5.58. The van der Waals surface area contributed by atoms with Crippen LogP contribution in [0.4, 0.5) is 11.6 Å². The van der Waals surface area contributed by atoms with Crippen molar-refractivity contribution in [1.82, 2.24) is 15.0 Å². The first-order chi connectivity index (χ1) is 7.65. The molecule has 0 saturated heterocycles. The zero-order chi connectivity index (χ0) is 11.5. The number of nitrogens with zero attached hydrogens (tertiary/aromatic N) is 4. The maximum Gasteiger partial charge on any atom is 0.149 e. The molecule has 0 saturated carbocycles. The van der Waals surface area contributed by atoms with Gasteiger partial charge in [0.15, 0.2) is 0 Å². The smallest absolute Gasteiger partial charge is 0.149 e. The Balaban J connectivity index is 2.11. The van der Waals surface area contributed by atoms with Gasteiger partial charge in [0.25, 0.3) is 0 Å². The van der Waals surface area contributed by atoms with Crippen molar-refractivity contribution in [3.05, 3.63) is 28.5 Å². The van der Waals surface area contributed by atoms with E-state index in [9.17, 15) is 0 Å². The van der Waals surface area contributed by atoms with Crippen LogP contribution in [0.1, 0.15) is 10.7 Å². The quantitative estimate of drug-likeness (QED) is 0.872. The van der Waals surface area contributed by atoms with Crippen molar-refractivity contribution < 1.29 is 0 Å². The first kappa shape index (κ1) is 10.8. The van der Waals surface area contributed by atoms with E-state index < -0.39 is 0 Å². The third kappa shape index (κ3) is 2.46. The summed E-state index contributed by atoms with van der Waals surface area (Å²) in [4.78, 5) is 14.6. The highest BCUT2D eigenvalue weighted by atomic mass is 32.1. The molecule has 0 fully saturated rings. The number of thiazole rings is 1. The van der Waals surface area contributed by atoms with Gasteiger partial charge < -0.3 is 10.6 Å². The van der Waals surface area contributed by atoms with E-state index in [1.54, 1.807) is 17.5 Å². The molecule has 2 N–H and O–H groups in total. The monoisotopic (exact) mass is 235 g/mol.